The van der Waals surface area contributed by atoms with Crippen LogP contribution in [0.2, 0.25) is 0 Å². The highest BCUT2D eigenvalue weighted by atomic mass is 14.9. The van der Waals surface area contributed by atoms with Gasteiger partial charge in [0.15, 0.2) is 0 Å². The first-order chi connectivity index (χ1) is 7.13. The molecule has 3 N–H and O–H groups in total. The molecule has 0 aromatic carbocycles. The Morgan fingerprint density at radius 2 is 2.13 bits per heavy atom. The van der Waals surface area contributed by atoms with Crippen LogP contribution in [-0.4, -0.2) is 18.1 Å². The van der Waals surface area contributed by atoms with E-state index in [0.717, 1.165) is 12.2 Å². The smallest absolute Gasteiger partial charge is 0.0459 e. The van der Waals surface area contributed by atoms with Crippen LogP contribution in [0.15, 0.2) is 18.3 Å². The second-order valence-corrected chi connectivity index (χ2v) is 4.32. The quantitative estimate of drug-likeness (QED) is 0.771. The van der Waals surface area contributed by atoms with Crippen molar-refractivity contribution >= 4 is 0 Å². The molecule has 0 fully saturated rings. The Morgan fingerprint density at radius 1 is 1.40 bits per heavy atom. The van der Waals surface area contributed by atoms with E-state index in [-0.39, 0.29) is 6.04 Å². The first kappa shape index (κ1) is 12.1. The lowest BCUT2D eigenvalue weighted by molar-refractivity contribution is 0.478. The number of aryl methyl sites for hydroxylation is 1. The molecule has 1 unspecified atom stereocenters. The molecule has 0 aliphatic rings. The van der Waals surface area contributed by atoms with E-state index in [9.17, 15) is 0 Å². The molecule has 1 heterocycles. The maximum absolute atomic E-state index is 5.74. The predicted octanol–water partition coefficient (Wildman–Crippen LogP) is 1.64. The number of nitrogens with one attached hydrogen (secondary N) is 1. The van der Waals surface area contributed by atoms with E-state index in [0.29, 0.717) is 12.5 Å². The van der Waals surface area contributed by atoms with Gasteiger partial charge in [0.1, 0.15) is 0 Å². The molecule has 1 aromatic heterocycles. The summed E-state index contributed by atoms with van der Waals surface area (Å²) in [5.74, 6) is 0.637. The summed E-state index contributed by atoms with van der Waals surface area (Å²) in [4.78, 5) is 4.28. The van der Waals surface area contributed by atoms with Gasteiger partial charge in [0, 0.05) is 24.5 Å². The molecule has 0 aliphatic heterocycles. The van der Waals surface area contributed by atoms with Crippen LogP contribution in [0.4, 0.5) is 0 Å². The molecule has 0 aliphatic carbocycles. The fraction of sp³-hybridized carbons (Fsp3) is 0.583. The minimum Gasteiger partial charge on any atom is -0.329 e. The molecule has 15 heavy (non-hydrogen) atoms. The number of hydrogen-bond acceptors (Lipinski definition) is 3. The van der Waals surface area contributed by atoms with Crippen molar-refractivity contribution in [2.75, 3.05) is 13.1 Å². The Balaban J connectivity index is 2.61. The summed E-state index contributed by atoms with van der Waals surface area (Å²) in [6.45, 7) is 7.96. The molecular weight excluding hydrogens is 186 g/mol. The van der Waals surface area contributed by atoms with E-state index in [4.69, 9.17) is 5.73 Å². The molecule has 0 saturated heterocycles. The Hall–Kier alpha value is -0.930. The van der Waals surface area contributed by atoms with Gasteiger partial charge in [-0.05, 0) is 31.0 Å². The van der Waals surface area contributed by atoms with Crippen LogP contribution in [-0.2, 0) is 0 Å². The fourth-order valence-corrected chi connectivity index (χ4v) is 1.40. The number of nitrogens with zero attached hydrogens (tertiary/aromatic N) is 1. The van der Waals surface area contributed by atoms with Crippen LogP contribution < -0.4 is 11.1 Å². The van der Waals surface area contributed by atoms with Crippen LogP contribution in [0.5, 0.6) is 0 Å². The normalized spacial score (nSPS) is 13.1. The molecule has 84 valence electrons. The standard InChI is InChI=1S/C12H21N3/c1-9(2)7-15-12(6-13)11-5-4-10(3)14-8-11/h4-5,8-9,12,15H,6-7,13H2,1-3H3. The predicted molar refractivity (Wildman–Crippen MR) is 63.6 cm³/mol. The van der Waals surface area contributed by atoms with Crippen molar-refractivity contribution in [1.82, 2.24) is 10.3 Å². The molecule has 0 amide bonds. The molecule has 0 radical (unpaired) electrons. The third kappa shape index (κ3) is 3.98. The maximum Gasteiger partial charge on any atom is 0.0459 e. The lowest BCUT2D eigenvalue weighted by Gasteiger charge is -2.18. The summed E-state index contributed by atoms with van der Waals surface area (Å²) in [5.41, 5.74) is 7.95. The Morgan fingerprint density at radius 3 is 2.60 bits per heavy atom. The van der Waals surface area contributed by atoms with E-state index >= 15 is 0 Å². The minimum atomic E-state index is 0.223. The molecular formula is C12H21N3. The second-order valence-electron chi connectivity index (χ2n) is 4.32. The van der Waals surface area contributed by atoms with Crippen molar-refractivity contribution in [3.63, 3.8) is 0 Å². The largest absolute Gasteiger partial charge is 0.329 e. The lowest BCUT2D eigenvalue weighted by atomic mass is 10.1. The van der Waals surface area contributed by atoms with Crippen molar-refractivity contribution in [1.29, 1.82) is 0 Å². The highest BCUT2D eigenvalue weighted by Crippen LogP contribution is 2.11. The number of hydrogen-bond donors (Lipinski definition) is 2. The van der Waals surface area contributed by atoms with Gasteiger partial charge in [0.2, 0.25) is 0 Å². The van der Waals surface area contributed by atoms with Crippen molar-refractivity contribution in [2.45, 2.75) is 26.8 Å². The highest BCUT2D eigenvalue weighted by Gasteiger charge is 2.09. The van der Waals surface area contributed by atoms with Crippen molar-refractivity contribution in [3.05, 3.63) is 29.6 Å². The molecule has 0 saturated carbocycles. The van der Waals surface area contributed by atoms with Gasteiger partial charge < -0.3 is 11.1 Å². The van der Waals surface area contributed by atoms with Gasteiger partial charge in [-0.15, -0.1) is 0 Å². The number of rotatable bonds is 5. The van der Waals surface area contributed by atoms with Gasteiger partial charge in [0.25, 0.3) is 0 Å². The summed E-state index contributed by atoms with van der Waals surface area (Å²) in [6, 6.07) is 4.34. The minimum absolute atomic E-state index is 0.223. The van der Waals surface area contributed by atoms with E-state index in [2.05, 4.69) is 30.2 Å². The Kier molecular flexibility index (Phi) is 4.72. The van der Waals surface area contributed by atoms with Crippen LogP contribution in [0.25, 0.3) is 0 Å². The molecule has 3 heteroatoms. The average molecular weight is 207 g/mol. The monoisotopic (exact) mass is 207 g/mol. The Bertz CT molecular complexity index is 279. The summed E-state index contributed by atoms with van der Waals surface area (Å²) in [6.07, 6.45) is 1.90. The molecule has 0 bridgehead atoms. The van der Waals surface area contributed by atoms with Crippen LogP contribution in [0.3, 0.4) is 0 Å². The van der Waals surface area contributed by atoms with Gasteiger partial charge in [-0.2, -0.15) is 0 Å². The molecule has 3 nitrogen and oxygen atoms in total. The van der Waals surface area contributed by atoms with Crippen LogP contribution >= 0.6 is 0 Å². The van der Waals surface area contributed by atoms with E-state index < -0.39 is 0 Å². The van der Waals surface area contributed by atoms with Crippen LogP contribution in [0, 0.1) is 12.8 Å². The van der Waals surface area contributed by atoms with Gasteiger partial charge in [-0.3, -0.25) is 4.98 Å². The number of pyridine rings is 1. The summed E-state index contributed by atoms with van der Waals surface area (Å²) in [5, 5.41) is 3.44. The number of nitrogens with two attached hydrogens (primary N) is 1. The third-order valence-corrected chi connectivity index (χ3v) is 2.34. The lowest BCUT2D eigenvalue weighted by Crippen LogP contribution is -2.31. The first-order valence-electron chi connectivity index (χ1n) is 5.49. The summed E-state index contributed by atoms with van der Waals surface area (Å²) in [7, 11) is 0. The van der Waals surface area contributed by atoms with Gasteiger partial charge in [-0.1, -0.05) is 19.9 Å². The van der Waals surface area contributed by atoms with Crippen molar-refractivity contribution in [3.8, 4) is 0 Å². The van der Waals surface area contributed by atoms with Gasteiger partial charge in [0.05, 0.1) is 0 Å². The zero-order valence-corrected chi connectivity index (χ0v) is 9.83. The Labute approximate surface area is 92.1 Å². The van der Waals surface area contributed by atoms with Gasteiger partial charge in [-0.25, -0.2) is 0 Å². The van der Waals surface area contributed by atoms with Crippen molar-refractivity contribution < 1.29 is 0 Å². The number of aromatic nitrogens is 1. The molecule has 1 aromatic rings. The molecule has 1 rings (SSSR count). The average Bonchev–Trinajstić information content (AvgIpc) is 2.21. The van der Waals surface area contributed by atoms with E-state index in [1.54, 1.807) is 0 Å². The van der Waals surface area contributed by atoms with E-state index in [1.807, 2.05) is 19.2 Å². The SMILES string of the molecule is Cc1ccc(C(CN)NCC(C)C)cn1. The second kappa shape index (κ2) is 5.83. The van der Waals surface area contributed by atoms with Crippen LogP contribution in [0.1, 0.15) is 31.1 Å². The highest BCUT2D eigenvalue weighted by molar-refractivity contribution is 5.17. The van der Waals surface area contributed by atoms with E-state index in [1.165, 1.54) is 5.56 Å². The van der Waals surface area contributed by atoms with Crippen molar-refractivity contribution in [2.24, 2.45) is 11.7 Å². The topological polar surface area (TPSA) is 50.9 Å². The molecule has 1 atom stereocenters. The summed E-state index contributed by atoms with van der Waals surface area (Å²) >= 11 is 0. The summed E-state index contributed by atoms with van der Waals surface area (Å²) < 4.78 is 0. The maximum atomic E-state index is 5.74. The van der Waals surface area contributed by atoms with Gasteiger partial charge >= 0.3 is 0 Å². The first-order valence-corrected chi connectivity index (χ1v) is 5.49. The third-order valence-electron chi connectivity index (χ3n) is 2.34. The molecule has 0 spiro atoms. The zero-order valence-electron chi connectivity index (χ0n) is 9.83. The fourth-order valence-electron chi connectivity index (χ4n) is 1.40. The zero-order chi connectivity index (χ0) is 11.3.